The van der Waals surface area contributed by atoms with Gasteiger partial charge < -0.3 is 9.64 Å². The van der Waals surface area contributed by atoms with Crippen LogP contribution in [0.15, 0.2) is 12.4 Å². The third-order valence-corrected chi connectivity index (χ3v) is 1.80. The maximum absolute atomic E-state index is 12.4. The molecule has 0 bridgehead atoms. The predicted octanol–water partition coefficient (Wildman–Crippen LogP) is 1.55. The molecule has 0 aromatic carbocycles. The zero-order valence-electron chi connectivity index (χ0n) is 8.66. The van der Waals surface area contributed by atoms with E-state index in [4.69, 9.17) is 4.74 Å². The third-order valence-electron chi connectivity index (χ3n) is 1.80. The van der Waals surface area contributed by atoms with Crippen LogP contribution in [0.25, 0.3) is 0 Å². The summed E-state index contributed by atoms with van der Waals surface area (Å²) < 4.78 is 17.3. The van der Waals surface area contributed by atoms with Gasteiger partial charge in [-0.15, -0.1) is 0 Å². The van der Waals surface area contributed by atoms with Crippen LogP contribution in [-0.4, -0.2) is 41.9 Å². The number of hydrogen-bond donors (Lipinski definition) is 0. The van der Waals surface area contributed by atoms with E-state index in [1.54, 1.807) is 12.4 Å². The molecule has 0 fully saturated rings. The average molecular weight is 202 g/mol. The molecule has 4 nitrogen and oxygen atoms in total. The van der Waals surface area contributed by atoms with E-state index in [0.717, 1.165) is 0 Å². The Bertz CT molecular complexity index is 253. The molecule has 0 radical (unpaired) electrons. The van der Waals surface area contributed by atoms with E-state index in [9.17, 15) is 9.18 Å². The van der Waals surface area contributed by atoms with Crippen LogP contribution in [0.4, 0.5) is 9.18 Å². The summed E-state index contributed by atoms with van der Waals surface area (Å²) in [6.45, 7) is 2.83. The molecule has 0 saturated heterocycles. The minimum Gasteiger partial charge on any atom is -0.440 e. The van der Waals surface area contributed by atoms with Crippen LogP contribution in [0.1, 0.15) is 13.8 Å². The number of carbonyl (C=O) groups excluding carboxylic acids is 1. The highest BCUT2D eigenvalue weighted by molar-refractivity contribution is 5.69. The second kappa shape index (κ2) is 3.86. The van der Waals surface area contributed by atoms with Crippen molar-refractivity contribution in [2.24, 2.45) is 0 Å². The number of alkyl halides is 1. The van der Waals surface area contributed by atoms with Crippen molar-refractivity contribution in [2.75, 3.05) is 20.4 Å². The molecule has 1 amide bonds. The highest BCUT2D eigenvalue weighted by Crippen LogP contribution is 2.14. The van der Waals surface area contributed by atoms with Crippen LogP contribution in [-0.2, 0) is 4.74 Å². The lowest BCUT2D eigenvalue weighted by Gasteiger charge is -2.24. The summed E-state index contributed by atoms with van der Waals surface area (Å²) in [6.07, 6.45) is 2.84. The monoisotopic (exact) mass is 202 g/mol. The molecule has 1 heterocycles. The number of ether oxygens (including phenoxy) is 1. The van der Waals surface area contributed by atoms with Gasteiger partial charge in [0.15, 0.2) is 0 Å². The Labute approximate surface area is 82.9 Å². The number of carbonyl (C=O) groups is 1. The van der Waals surface area contributed by atoms with Crippen LogP contribution in [0.2, 0.25) is 0 Å². The zero-order valence-corrected chi connectivity index (χ0v) is 8.66. The molecule has 0 spiro atoms. The molecule has 0 aliphatic carbocycles. The number of nitrogens with zero attached hydrogens (tertiary/aromatic N) is 2. The topological polar surface area (TPSA) is 32.8 Å². The molecule has 0 atom stereocenters. The van der Waals surface area contributed by atoms with Gasteiger partial charge in [0.05, 0.1) is 6.67 Å². The van der Waals surface area contributed by atoms with Crippen LogP contribution in [0.3, 0.4) is 0 Å². The standard InChI is InChI=1S/C9H15FN2O2/c1-9(2,6-10)14-8(13)12-5-4-11(3)7-12/h4-5H,6-7H2,1-3H3. The predicted molar refractivity (Wildman–Crippen MR) is 50.1 cm³/mol. The van der Waals surface area contributed by atoms with Gasteiger partial charge in [0.25, 0.3) is 0 Å². The van der Waals surface area contributed by atoms with Gasteiger partial charge in [0, 0.05) is 19.4 Å². The van der Waals surface area contributed by atoms with Gasteiger partial charge in [-0.1, -0.05) is 0 Å². The minimum absolute atomic E-state index is 0.446. The van der Waals surface area contributed by atoms with Crippen molar-refractivity contribution in [3.63, 3.8) is 0 Å². The second-order valence-electron chi connectivity index (χ2n) is 3.93. The summed E-state index contributed by atoms with van der Waals surface area (Å²) in [4.78, 5) is 14.6. The van der Waals surface area contributed by atoms with Crippen molar-refractivity contribution in [3.8, 4) is 0 Å². The van der Waals surface area contributed by atoms with Gasteiger partial charge in [-0.3, -0.25) is 4.90 Å². The van der Waals surface area contributed by atoms with Gasteiger partial charge >= 0.3 is 6.09 Å². The minimum atomic E-state index is -1.05. The van der Waals surface area contributed by atoms with Crippen LogP contribution >= 0.6 is 0 Å². The smallest absolute Gasteiger partial charge is 0.415 e. The third kappa shape index (κ3) is 2.61. The fraction of sp³-hybridized carbons (Fsp3) is 0.667. The first kappa shape index (κ1) is 10.8. The molecule has 1 aliphatic rings. The van der Waals surface area contributed by atoms with E-state index in [1.165, 1.54) is 18.7 Å². The van der Waals surface area contributed by atoms with Gasteiger partial charge in [-0.25, -0.2) is 9.18 Å². The Morgan fingerprint density at radius 2 is 2.21 bits per heavy atom. The maximum Gasteiger partial charge on any atom is 0.415 e. The first-order chi connectivity index (χ1) is 6.44. The summed E-state index contributed by atoms with van der Waals surface area (Å²) in [6, 6.07) is 0. The molecule has 5 heteroatoms. The van der Waals surface area contributed by atoms with Crippen molar-refractivity contribution in [3.05, 3.63) is 12.4 Å². The summed E-state index contributed by atoms with van der Waals surface area (Å²) >= 11 is 0. The van der Waals surface area contributed by atoms with Crippen LogP contribution < -0.4 is 0 Å². The normalized spacial score (nSPS) is 16.3. The fourth-order valence-electron chi connectivity index (χ4n) is 0.970. The molecule has 0 unspecified atom stereocenters. The van der Waals surface area contributed by atoms with Gasteiger partial charge in [0.1, 0.15) is 12.3 Å². The Hall–Kier alpha value is -1.26. The Balaban J connectivity index is 2.47. The van der Waals surface area contributed by atoms with E-state index in [1.807, 2.05) is 11.9 Å². The first-order valence-corrected chi connectivity index (χ1v) is 4.39. The Morgan fingerprint density at radius 1 is 1.57 bits per heavy atom. The van der Waals surface area contributed by atoms with E-state index in [-0.39, 0.29) is 0 Å². The molecule has 80 valence electrons. The lowest BCUT2D eigenvalue weighted by Crippen LogP contribution is -2.37. The summed E-state index contributed by atoms with van der Waals surface area (Å²) in [5, 5.41) is 0. The SMILES string of the molecule is CN1C=CN(C(=O)OC(C)(C)CF)C1. The quantitative estimate of drug-likeness (QED) is 0.681. The lowest BCUT2D eigenvalue weighted by molar-refractivity contribution is 0.00408. The average Bonchev–Trinajstić information content (AvgIpc) is 2.51. The van der Waals surface area contributed by atoms with Gasteiger partial charge in [0.2, 0.25) is 0 Å². The van der Waals surface area contributed by atoms with Crippen molar-refractivity contribution in [1.82, 2.24) is 9.80 Å². The lowest BCUT2D eigenvalue weighted by atomic mass is 10.2. The maximum atomic E-state index is 12.4. The number of rotatable bonds is 2. The number of halogens is 1. The highest BCUT2D eigenvalue weighted by Gasteiger charge is 2.27. The molecule has 0 saturated carbocycles. The highest BCUT2D eigenvalue weighted by atomic mass is 19.1. The molecule has 1 rings (SSSR count). The summed E-state index contributed by atoms with van der Waals surface area (Å²) in [7, 11) is 1.84. The first-order valence-electron chi connectivity index (χ1n) is 4.39. The molecule has 0 aromatic heterocycles. The number of hydrogen-bond acceptors (Lipinski definition) is 3. The number of amides is 1. The molecule has 0 N–H and O–H groups in total. The van der Waals surface area contributed by atoms with E-state index < -0.39 is 18.4 Å². The van der Waals surface area contributed by atoms with Crippen LogP contribution in [0.5, 0.6) is 0 Å². The summed E-state index contributed by atoms with van der Waals surface area (Å²) in [5.74, 6) is 0. The largest absolute Gasteiger partial charge is 0.440 e. The van der Waals surface area contributed by atoms with Crippen molar-refractivity contribution < 1.29 is 13.9 Å². The molecule has 1 aliphatic heterocycles. The van der Waals surface area contributed by atoms with E-state index in [0.29, 0.717) is 6.67 Å². The zero-order chi connectivity index (χ0) is 10.8. The fourth-order valence-corrected chi connectivity index (χ4v) is 0.970. The van der Waals surface area contributed by atoms with Gasteiger partial charge in [-0.05, 0) is 13.8 Å². The molecule has 14 heavy (non-hydrogen) atoms. The Morgan fingerprint density at radius 3 is 2.64 bits per heavy atom. The second-order valence-corrected chi connectivity index (χ2v) is 3.93. The van der Waals surface area contributed by atoms with Crippen molar-refractivity contribution >= 4 is 6.09 Å². The summed E-state index contributed by atoms with van der Waals surface area (Å²) in [5.41, 5.74) is -1.05. The molecular formula is C9H15FN2O2. The van der Waals surface area contributed by atoms with E-state index >= 15 is 0 Å². The van der Waals surface area contributed by atoms with Crippen LogP contribution in [0, 0.1) is 0 Å². The van der Waals surface area contributed by atoms with E-state index in [2.05, 4.69) is 0 Å². The Kier molecular flexibility index (Phi) is 2.98. The molecular weight excluding hydrogens is 187 g/mol. The van der Waals surface area contributed by atoms with Crippen molar-refractivity contribution in [1.29, 1.82) is 0 Å². The molecule has 0 aromatic rings. The van der Waals surface area contributed by atoms with Crippen molar-refractivity contribution in [2.45, 2.75) is 19.4 Å². The van der Waals surface area contributed by atoms with Gasteiger partial charge in [-0.2, -0.15) is 0 Å².